The van der Waals surface area contributed by atoms with Crippen molar-refractivity contribution >= 4 is 11.6 Å². The fraction of sp³-hybridized carbons (Fsp3) is 0.364. The van der Waals surface area contributed by atoms with E-state index in [0.29, 0.717) is 11.1 Å². The molecule has 5 heteroatoms. The summed E-state index contributed by atoms with van der Waals surface area (Å²) in [6, 6.07) is 2.81. The van der Waals surface area contributed by atoms with E-state index in [-0.39, 0.29) is 11.6 Å². The Bertz CT molecular complexity index is 478. The van der Waals surface area contributed by atoms with Gasteiger partial charge in [0.2, 0.25) is 5.91 Å². The Morgan fingerprint density at radius 1 is 1.50 bits per heavy atom. The maximum atomic E-state index is 11.2. The van der Waals surface area contributed by atoms with E-state index in [1.807, 2.05) is 0 Å². The highest BCUT2D eigenvalue weighted by molar-refractivity contribution is 5.95. The Hall–Kier alpha value is -1.91. The monoisotopic (exact) mass is 220 g/mol. The van der Waals surface area contributed by atoms with Crippen molar-refractivity contribution < 1.29 is 9.72 Å². The highest BCUT2D eigenvalue weighted by Gasteiger charge is 2.32. The van der Waals surface area contributed by atoms with Gasteiger partial charge in [0.05, 0.1) is 4.92 Å². The van der Waals surface area contributed by atoms with E-state index in [1.54, 1.807) is 6.92 Å². The third-order valence-electron chi connectivity index (χ3n) is 2.93. The number of hydrogen-bond donors (Lipinski definition) is 1. The van der Waals surface area contributed by atoms with Crippen LogP contribution in [0.4, 0.5) is 5.69 Å². The second-order valence-electron chi connectivity index (χ2n) is 4.07. The molecule has 0 spiro atoms. The highest BCUT2D eigenvalue weighted by Crippen LogP contribution is 2.45. The van der Waals surface area contributed by atoms with E-state index in [0.717, 1.165) is 18.4 Å². The fourth-order valence-corrected chi connectivity index (χ4v) is 2.03. The third kappa shape index (κ3) is 1.64. The van der Waals surface area contributed by atoms with E-state index < -0.39 is 10.8 Å². The third-order valence-corrected chi connectivity index (χ3v) is 2.93. The van der Waals surface area contributed by atoms with E-state index in [9.17, 15) is 14.9 Å². The van der Waals surface area contributed by atoms with E-state index in [4.69, 9.17) is 5.73 Å². The molecule has 0 aromatic heterocycles. The summed E-state index contributed by atoms with van der Waals surface area (Å²) in [5.74, 6) is -0.248. The first kappa shape index (κ1) is 10.6. The summed E-state index contributed by atoms with van der Waals surface area (Å²) >= 11 is 0. The lowest BCUT2D eigenvalue weighted by Crippen LogP contribution is -2.15. The summed E-state index contributed by atoms with van der Waals surface area (Å²) in [7, 11) is 0. The van der Waals surface area contributed by atoms with Gasteiger partial charge in [0.25, 0.3) is 5.69 Å². The molecule has 1 aliphatic carbocycles. The largest absolute Gasteiger partial charge is 0.366 e. The van der Waals surface area contributed by atoms with Gasteiger partial charge in [-0.3, -0.25) is 14.9 Å². The molecular formula is C11H12N2O3. The Balaban J connectivity index is 2.62. The molecule has 1 fully saturated rings. The van der Waals surface area contributed by atoms with Crippen molar-refractivity contribution in [2.75, 3.05) is 0 Å². The molecule has 0 saturated heterocycles. The van der Waals surface area contributed by atoms with Crippen LogP contribution in [0.15, 0.2) is 12.1 Å². The summed E-state index contributed by atoms with van der Waals surface area (Å²) < 4.78 is 0. The SMILES string of the molecule is Cc1c([N+](=O)[O-])ccc(C(N)=O)c1C1CC1. The average molecular weight is 220 g/mol. The first-order valence-corrected chi connectivity index (χ1v) is 5.10. The molecule has 1 aromatic carbocycles. The Morgan fingerprint density at radius 2 is 2.12 bits per heavy atom. The number of nitro groups is 1. The molecule has 16 heavy (non-hydrogen) atoms. The zero-order chi connectivity index (χ0) is 11.9. The maximum absolute atomic E-state index is 11.2. The van der Waals surface area contributed by atoms with Gasteiger partial charge in [0, 0.05) is 17.2 Å². The van der Waals surface area contributed by atoms with Crippen LogP contribution in [0.25, 0.3) is 0 Å². The van der Waals surface area contributed by atoms with Gasteiger partial charge in [0.15, 0.2) is 0 Å². The van der Waals surface area contributed by atoms with Crippen LogP contribution in [-0.4, -0.2) is 10.8 Å². The van der Waals surface area contributed by atoms with Crippen LogP contribution < -0.4 is 5.73 Å². The van der Waals surface area contributed by atoms with Crippen molar-refractivity contribution in [3.63, 3.8) is 0 Å². The first-order chi connectivity index (χ1) is 7.52. The summed E-state index contributed by atoms with van der Waals surface area (Å²) in [6.45, 7) is 1.68. The zero-order valence-electron chi connectivity index (χ0n) is 8.90. The van der Waals surface area contributed by atoms with Crippen molar-refractivity contribution in [3.05, 3.63) is 38.9 Å². The molecule has 84 valence electrons. The summed E-state index contributed by atoms with van der Waals surface area (Å²) in [5.41, 5.74) is 7.09. The number of carbonyl (C=O) groups excluding carboxylic acids is 1. The molecule has 0 atom stereocenters. The van der Waals surface area contributed by atoms with Crippen molar-refractivity contribution in [2.45, 2.75) is 25.7 Å². The number of carbonyl (C=O) groups is 1. The second-order valence-corrected chi connectivity index (χ2v) is 4.07. The van der Waals surface area contributed by atoms with Gasteiger partial charge in [0.1, 0.15) is 0 Å². The van der Waals surface area contributed by atoms with E-state index in [2.05, 4.69) is 0 Å². The minimum atomic E-state index is -0.514. The summed E-state index contributed by atoms with van der Waals surface area (Å²) in [6.07, 6.45) is 1.95. The van der Waals surface area contributed by atoms with Crippen LogP contribution in [0.3, 0.4) is 0 Å². The van der Waals surface area contributed by atoms with Crippen LogP contribution in [0.2, 0.25) is 0 Å². The molecule has 2 N–H and O–H groups in total. The summed E-state index contributed by atoms with van der Waals surface area (Å²) in [4.78, 5) is 21.6. The van der Waals surface area contributed by atoms with Gasteiger partial charge in [-0.15, -0.1) is 0 Å². The molecule has 1 aliphatic rings. The van der Waals surface area contributed by atoms with Crippen molar-refractivity contribution in [3.8, 4) is 0 Å². The van der Waals surface area contributed by atoms with Crippen molar-refractivity contribution in [1.29, 1.82) is 0 Å². The lowest BCUT2D eigenvalue weighted by atomic mass is 9.96. The van der Waals surface area contributed by atoms with Gasteiger partial charge >= 0.3 is 0 Å². The molecule has 5 nitrogen and oxygen atoms in total. The van der Waals surface area contributed by atoms with Crippen LogP contribution in [0.1, 0.15) is 40.2 Å². The predicted octanol–water partition coefficient (Wildman–Crippen LogP) is 1.88. The lowest BCUT2D eigenvalue weighted by molar-refractivity contribution is -0.385. The average Bonchev–Trinajstić information content (AvgIpc) is 2.99. The Labute approximate surface area is 92.4 Å². The smallest absolute Gasteiger partial charge is 0.272 e. The molecule has 1 amide bonds. The van der Waals surface area contributed by atoms with Gasteiger partial charge in [-0.25, -0.2) is 0 Å². The highest BCUT2D eigenvalue weighted by atomic mass is 16.6. The molecular weight excluding hydrogens is 208 g/mol. The molecule has 0 bridgehead atoms. The standard InChI is InChI=1S/C11H12N2O3/c1-6-9(13(15)16)5-4-8(11(12)14)10(6)7-2-3-7/h4-5,7H,2-3H2,1H3,(H2,12,14). The molecule has 0 unspecified atom stereocenters. The number of nitro benzene ring substituents is 1. The quantitative estimate of drug-likeness (QED) is 0.623. The number of benzene rings is 1. The van der Waals surface area contributed by atoms with E-state index in [1.165, 1.54) is 12.1 Å². The number of amides is 1. The molecule has 1 aromatic rings. The van der Waals surface area contributed by atoms with Crippen LogP contribution in [0, 0.1) is 17.0 Å². The van der Waals surface area contributed by atoms with Crippen molar-refractivity contribution in [1.82, 2.24) is 0 Å². The van der Waals surface area contributed by atoms with Gasteiger partial charge in [-0.1, -0.05) is 0 Å². The number of primary amides is 1. The van der Waals surface area contributed by atoms with Gasteiger partial charge in [-0.05, 0) is 37.3 Å². The molecule has 0 radical (unpaired) electrons. The van der Waals surface area contributed by atoms with Crippen LogP contribution in [-0.2, 0) is 0 Å². The number of nitrogens with two attached hydrogens (primary N) is 1. The molecule has 2 rings (SSSR count). The van der Waals surface area contributed by atoms with E-state index >= 15 is 0 Å². The lowest BCUT2D eigenvalue weighted by Gasteiger charge is -2.09. The van der Waals surface area contributed by atoms with Crippen molar-refractivity contribution in [2.24, 2.45) is 5.73 Å². The zero-order valence-corrected chi connectivity index (χ0v) is 8.90. The van der Waals surface area contributed by atoms with Gasteiger partial charge < -0.3 is 5.73 Å². The van der Waals surface area contributed by atoms with Crippen LogP contribution in [0.5, 0.6) is 0 Å². The molecule has 0 aliphatic heterocycles. The van der Waals surface area contributed by atoms with Gasteiger partial charge in [-0.2, -0.15) is 0 Å². The Kier molecular flexibility index (Phi) is 2.38. The first-order valence-electron chi connectivity index (χ1n) is 5.10. The molecule has 1 saturated carbocycles. The topological polar surface area (TPSA) is 86.2 Å². The second kappa shape index (κ2) is 3.59. The van der Waals surface area contributed by atoms with Crippen LogP contribution >= 0.6 is 0 Å². The normalized spacial score (nSPS) is 14.8. The maximum Gasteiger partial charge on any atom is 0.272 e. The fourth-order valence-electron chi connectivity index (χ4n) is 2.03. The predicted molar refractivity (Wildman–Crippen MR) is 58.3 cm³/mol. The number of nitrogens with zero attached hydrogens (tertiary/aromatic N) is 1. The minimum absolute atomic E-state index is 0.0619. The minimum Gasteiger partial charge on any atom is -0.366 e. The number of hydrogen-bond acceptors (Lipinski definition) is 3. The summed E-state index contributed by atoms with van der Waals surface area (Å²) in [5, 5.41) is 10.8. The Morgan fingerprint density at radius 3 is 2.56 bits per heavy atom. The molecule has 0 heterocycles. The number of rotatable bonds is 3.